The average molecular weight is 279 g/mol. The number of amides is 1. The van der Waals surface area contributed by atoms with Crippen LogP contribution in [-0.2, 0) is 11.3 Å². The number of carbonyl (C=O) groups excluding carboxylic acids is 1. The van der Waals surface area contributed by atoms with E-state index >= 15 is 0 Å². The summed E-state index contributed by atoms with van der Waals surface area (Å²) in [4.78, 5) is 21.4. The number of carbonyl (C=O) groups is 1. The highest BCUT2D eigenvalue weighted by atomic mass is 16.2. The first-order valence-corrected chi connectivity index (χ1v) is 7.41. The lowest BCUT2D eigenvalue weighted by molar-refractivity contribution is -0.120. The van der Waals surface area contributed by atoms with Gasteiger partial charge in [-0.05, 0) is 30.5 Å². The van der Waals surface area contributed by atoms with Gasteiger partial charge in [-0.3, -0.25) is 4.79 Å². The zero-order valence-corrected chi connectivity index (χ0v) is 11.8. The summed E-state index contributed by atoms with van der Waals surface area (Å²) in [6, 6.07) is 14.0. The van der Waals surface area contributed by atoms with Crippen molar-refractivity contribution in [2.24, 2.45) is 0 Å². The van der Waals surface area contributed by atoms with Gasteiger partial charge in [0, 0.05) is 12.7 Å². The van der Waals surface area contributed by atoms with Crippen molar-refractivity contribution in [2.45, 2.75) is 25.4 Å². The molecule has 4 rings (SSSR count). The third-order valence-electron chi connectivity index (χ3n) is 4.32. The number of pyridine rings is 1. The third-order valence-corrected chi connectivity index (χ3v) is 4.32. The molecule has 2 aliphatic heterocycles. The van der Waals surface area contributed by atoms with Crippen LogP contribution in [-0.4, -0.2) is 23.5 Å². The molecule has 1 fully saturated rings. The molecular weight excluding hydrogens is 262 g/mol. The van der Waals surface area contributed by atoms with Crippen LogP contribution in [0.2, 0.25) is 0 Å². The summed E-state index contributed by atoms with van der Waals surface area (Å²) in [5.41, 5.74) is 2.08. The maximum Gasteiger partial charge on any atom is 0.250 e. The Hall–Kier alpha value is -2.36. The topological polar surface area (TPSA) is 36.4 Å². The highest BCUT2D eigenvalue weighted by Gasteiger charge is 2.41. The van der Waals surface area contributed by atoms with Gasteiger partial charge in [-0.1, -0.05) is 30.3 Å². The molecule has 2 aromatic rings. The first-order valence-electron chi connectivity index (χ1n) is 7.41. The van der Waals surface area contributed by atoms with Crippen LogP contribution < -0.4 is 9.80 Å². The van der Waals surface area contributed by atoms with Crippen molar-refractivity contribution >= 4 is 17.4 Å². The first kappa shape index (κ1) is 12.4. The number of anilines is 2. The van der Waals surface area contributed by atoms with E-state index in [1.54, 1.807) is 0 Å². The van der Waals surface area contributed by atoms with Crippen molar-refractivity contribution in [1.82, 2.24) is 4.98 Å². The van der Waals surface area contributed by atoms with E-state index in [2.05, 4.69) is 22.0 Å². The lowest BCUT2D eigenvalue weighted by Gasteiger charge is -2.38. The predicted molar refractivity (Wildman–Crippen MR) is 82.2 cm³/mol. The Balaban J connectivity index is 1.76. The summed E-state index contributed by atoms with van der Waals surface area (Å²) < 4.78 is 0. The second kappa shape index (κ2) is 4.88. The Morgan fingerprint density at radius 3 is 2.86 bits per heavy atom. The molecule has 21 heavy (non-hydrogen) atoms. The first-order chi connectivity index (χ1) is 10.3. The van der Waals surface area contributed by atoms with E-state index in [1.165, 1.54) is 0 Å². The van der Waals surface area contributed by atoms with Crippen LogP contribution in [0.15, 0.2) is 48.7 Å². The molecule has 1 aromatic carbocycles. The third kappa shape index (κ3) is 1.98. The number of aromatic nitrogens is 1. The normalized spacial score (nSPS) is 20.4. The molecule has 3 heterocycles. The van der Waals surface area contributed by atoms with Crippen LogP contribution in [0.1, 0.15) is 18.4 Å². The zero-order valence-electron chi connectivity index (χ0n) is 11.8. The Morgan fingerprint density at radius 2 is 2.00 bits per heavy atom. The standard InChI is InChI=1S/C17H17N3O/c21-17-15-9-5-11-19(15)16-14(8-4-10-18-16)20(17)12-13-6-2-1-3-7-13/h1-4,6-8,10,15H,5,9,11-12H2. The SMILES string of the molecule is O=C1C2CCCN2c2ncccc2N1Cc1ccccc1. The molecular formula is C17H17N3O. The van der Waals surface area contributed by atoms with E-state index in [4.69, 9.17) is 0 Å². The lowest BCUT2D eigenvalue weighted by Crippen LogP contribution is -2.50. The Morgan fingerprint density at radius 1 is 1.14 bits per heavy atom. The highest BCUT2D eigenvalue weighted by Crippen LogP contribution is 2.38. The Labute approximate surface area is 124 Å². The molecule has 1 atom stereocenters. The minimum atomic E-state index is -0.0314. The van der Waals surface area contributed by atoms with E-state index in [9.17, 15) is 4.79 Å². The van der Waals surface area contributed by atoms with Crippen LogP contribution >= 0.6 is 0 Å². The van der Waals surface area contributed by atoms with Crippen molar-refractivity contribution in [3.8, 4) is 0 Å². The van der Waals surface area contributed by atoms with Gasteiger partial charge in [0.2, 0.25) is 5.91 Å². The highest BCUT2D eigenvalue weighted by molar-refractivity contribution is 6.05. The Bertz CT molecular complexity index is 671. The predicted octanol–water partition coefficient (Wildman–Crippen LogP) is 2.60. The van der Waals surface area contributed by atoms with E-state index in [1.807, 2.05) is 41.4 Å². The van der Waals surface area contributed by atoms with Crippen LogP contribution in [0.4, 0.5) is 11.5 Å². The van der Waals surface area contributed by atoms with Crippen molar-refractivity contribution in [3.63, 3.8) is 0 Å². The molecule has 0 N–H and O–H groups in total. The van der Waals surface area contributed by atoms with Crippen molar-refractivity contribution in [2.75, 3.05) is 16.3 Å². The van der Waals surface area contributed by atoms with E-state index in [0.29, 0.717) is 6.54 Å². The second-order valence-corrected chi connectivity index (χ2v) is 5.61. The van der Waals surface area contributed by atoms with Gasteiger partial charge < -0.3 is 9.80 Å². The molecule has 2 aliphatic rings. The van der Waals surface area contributed by atoms with Gasteiger partial charge >= 0.3 is 0 Å². The van der Waals surface area contributed by atoms with E-state index < -0.39 is 0 Å². The van der Waals surface area contributed by atoms with Gasteiger partial charge in [-0.15, -0.1) is 0 Å². The molecule has 0 saturated carbocycles. The van der Waals surface area contributed by atoms with Crippen molar-refractivity contribution in [1.29, 1.82) is 0 Å². The number of fused-ring (bicyclic) bond motifs is 3. The minimum Gasteiger partial charge on any atom is -0.343 e. The quantitative estimate of drug-likeness (QED) is 0.848. The molecule has 0 aliphatic carbocycles. The molecule has 4 heteroatoms. The maximum atomic E-state index is 12.8. The second-order valence-electron chi connectivity index (χ2n) is 5.61. The molecule has 1 saturated heterocycles. The summed E-state index contributed by atoms with van der Waals surface area (Å²) in [5, 5.41) is 0. The molecule has 1 unspecified atom stereocenters. The van der Waals surface area contributed by atoms with Crippen molar-refractivity contribution in [3.05, 3.63) is 54.2 Å². The molecule has 0 bridgehead atoms. The number of nitrogens with zero attached hydrogens (tertiary/aromatic N) is 3. The number of rotatable bonds is 2. The monoisotopic (exact) mass is 279 g/mol. The summed E-state index contributed by atoms with van der Waals surface area (Å²) >= 11 is 0. The van der Waals surface area contributed by atoms with Crippen LogP contribution in [0.3, 0.4) is 0 Å². The fourth-order valence-corrected chi connectivity index (χ4v) is 3.33. The fraction of sp³-hybridized carbons (Fsp3) is 0.294. The zero-order chi connectivity index (χ0) is 14.2. The van der Waals surface area contributed by atoms with Crippen LogP contribution in [0.25, 0.3) is 0 Å². The average Bonchev–Trinajstić information content (AvgIpc) is 3.02. The fourth-order valence-electron chi connectivity index (χ4n) is 3.33. The number of benzene rings is 1. The summed E-state index contributed by atoms with van der Waals surface area (Å²) in [6.45, 7) is 1.54. The van der Waals surface area contributed by atoms with Crippen LogP contribution in [0.5, 0.6) is 0 Å². The van der Waals surface area contributed by atoms with Gasteiger partial charge in [-0.25, -0.2) is 4.98 Å². The minimum absolute atomic E-state index is 0.0314. The van der Waals surface area contributed by atoms with E-state index in [-0.39, 0.29) is 11.9 Å². The summed E-state index contributed by atoms with van der Waals surface area (Å²) in [7, 11) is 0. The summed E-state index contributed by atoms with van der Waals surface area (Å²) in [5.74, 6) is 1.16. The largest absolute Gasteiger partial charge is 0.343 e. The summed E-state index contributed by atoms with van der Waals surface area (Å²) in [6.07, 6.45) is 3.80. The molecule has 1 amide bonds. The van der Waals surface area contributed by atoms with Gasteiger partial charge in [0.15, 0.2) is 5.82 Å². The van der Waals surface area contributed by atoms with Gasteiger partial charge in [-0.2, -0.15) is 0 Å². The lowest BCUT2D eigenvalue weighted by atomic mass is 10.1. The maximum absolute atomic E-state index is 12.8. The molecule has 0 radical (unpaired) electrons. The van der Waals surface area contributed by atoms with Gasteiger partial charge in [0.1, 0.15) is 6.04 Å². The molecule has 1 aromatic heterocycles. The molecule has 106 valence electrons. The molecule has 0 spiro atoms. The molecule has 4 nitrogen and oxygen atoms in total. The van der Waals surface area contributed by atoms with Crippen LogP contribution in [0, 0.1) is 0 Å². The van der Waals surface area contributed by atoms with Crippen molar-refractivity contribution < 1.29 is 4.79 Å². The smallest absolute Gasteiger partial charge is 0.250 e. The number of hydrogen-bond donors (Lipinski definition) is 0. The van der Waals surface area contributed by atoms with Gasteiger partial charge in [0.25, 0.3) is 0 Å². The van der Waals surface area contributed by atoms with E-state index in [0.717, 1.165) is 36.5 Å². The number of hydrogen-bond acceptors (Lipinski definition) is 3. The van der Waals surface area contributed by atoms with Gasteiger partial charge in [0.05, 0.1) is 12.2 Å². The Kier molecular flexibility index (Phi) is 2.88.